The smallest absolute Gasteiger partial charge is 0.236 e. The third-order valence-electron chi connectivity index (χ3n) is 4.48. The number of carbonyl (C=O) groups is 2. The van der Waals surface area contributed by atoms with Crippen molar-refractivity contribution in [1.29, 1.82) is 0 Å². The second kappa shape index (κ2) is 8.58. The molecule has 2 amide bonds. The Balaban J connectivity index is 2.11. The van der Waals surface area contributed by atoms with E-state index in [0.29, 0.717) is 25.4 Å². The molecule has 0 aliphatic carbocycles. The molecule has 25 heavy (non-hydrogen) atoms. The minimum atomic E-state index is -0.0228. The summed E-state index contributed by atoms with van der Waals surface area (Å²) in [5.41, 5.74) is 1.24. The Kier molecular flexibility index (Phi) is 6.97. The third kappa shape index (κ3) is 4.79. The fourth-order valence-electron chi connectivity index (χ4n) is 3.10. The van der Waals surface area contributed by atoms with Crippen molar-refractivity contribution in [3.8, 4) is 0 Å². The zero-order chi connectivity index (χ0) is 18.7. The molecule has 0 N–H and O–H groups in total. The zero-order valence-corrected chi connectivity index (χ0v) is 17.7. The van der Waals surface area contributed by atoms with E-state index >= 15 is 0 Å². The molecule has 1 aliphatic heterocycles. The van der Waals surface area contributed by atoms with Crippen molar-refractivity contribution < 1.29 is 9.59 Å². The van der Waals surface area contributed by atoms with Gasteiger partial charge in [-0.05, 0) is 50.6 Å². The van der Waals surface area contributed by atoms with Crippen molar-refractivity contribution in [2.45, 2.75) is 64.6 Å². The lowest BCUT2D eigenvalue weighted by atomic mass is 10.1. The van der Waals surface area contributed by atoms with Crippen LogP contribution in [0.25, 0.3) is 0 Å². The molecule has 0 unspecified atom stereocenters. The molecule has 4 nitrogen and oxygen atoms in total. The molecular weight excluding hydrogens is 352 g/mol. The Bertz CT molecular complexity index is 612. The van der Waals surface area contributed by atoms with Gasteiger partial charge in [0.15, 0.2) is 0 Å². The molecule has 1 aliphatic rings. The minimum absolute atomic E-state index is 0.0228. The molecule has 140 valence electrons. The van der Waals surface area contributed by atoms with Gasteiger partial charge in [0.05, 0.1) is 5.25 Å². The highest BCUT2D eigenvalue weighted by atomic mass is 32.2. The number of thiophene rings is 1. The van der Waals surface area contributed by atoms with Crippen molar-refractivity contribution in [3.63, 3.8) is 0 Å². The molecule has 0 saturated carbocycles. The van der Waals surface area contributed by atoms with E-state index in [2.05, 4.69) is 32.2 Å². The molecule has 2 heterocycles. The summed E-state index contributed by atoms with van der Waals surface area (Å²) >= 11 is 3.43. The number of rotatable bonds is 7. The van der Waals surface area contributed by atoms with Gasteiger partial charge in [-0.1, -0.05) is 13.8 Å². The second-order valence-corrected chi connectivity index (χ2v) is 9.78. The van der Waals surface area contributed by atoms with E-state index in [0.717, 1.165) is 0 Å². The molecular formula is C19H30N2O2S2. The van der Waals surface area contributed by atoms with Crippen molar-refractivity contribution >= 4 is 34.9 Å². The average Bonchev–Trinajstić information content (AvgIpc) is 3.04. The normalized spacial score (nSPS) is 20.8. The maximum atomic E-state index is 12.7. The van der Waals surface area contributed by atoms with Gasteiger partial charge < -0.3 is 9.80 Å². The van der Waals surface area contributed by atoms with E-state index in [-0.39, 0.29) is 28.5 Å². The number of carbonyl (C=O) groups excluding carboxylic acids is 2. The number of thioether (sulfide) groups is 1. The summed E-state index contributed by atoms with van der Waals surface area (Å²) in [4.78, 5) is 30.3. The van der Waals surface area contributed by atoms with E-state index < -0.39 is 0 Å². The van der Waals surface area contributed by atoms with Gasteiger partial charge in [0.1, 0.15) is 5.37 Å². The summed E-state index contributed by atoms with van der Waals surface area (Å²) in [5.74, 6) is 0.711. The number of hydrogen-bond donors (Lipinski definition) is 0. The van der Waals surface area contributed by atoms with E-state index in [1.54, 1.807) is 23.1 Å². The summed E-state index contributed by atoms with van der Waals surface area (Å²) in [6, 6.07) is 2.26. The van der Waals surface area contributed by atoms with Gasteiger partial charge in [-0.15, -0.1) is 23.1 Å². The highest BCUT2D eigenvalue weighted by molar-refractivity contribution is 8.01. The summed E-state index contributed by atoms with van der Waals surface area (Å²) in [6.45, 7) is 13.5. The Morgan fingerprint density at radius 2 is 2.00 bits per heavy atom. The first-order chi connectivity index (χ1) is 11.7. The number of hydrogen-bond acceptors (Lipinski definition) is 4. The van der Waals surface area contributed by atoms with Crippen molar-refractivity contribution in [3.05, 3.63) is 21.9 Å². The van der Waals surface area contributed by atoms with E-state index in [1.807, 2.05) is 30.6 Å². The molecule has 0 spiro atoms. The van der Waals surface area contributed by atoms with Crippen LogP contribution in [0.2, 0.25) is 0 Å². The maximum Gasteiger partial charge on any atom is 0.236 e. The first kappa shape index (κ1) is 20.3. The van der Waals surface area contributed by atoms with Crippen LogP contribution in [0.3, 0.4) is 0 Å². The molecule has 2 atom stereocenters. The molecule has 0 aromatic carbocycles. The van der Waals surface area contributed by atoms with Gasteiger partial charge in [0.2, 0.25) is 11.8 Å². The standard InChI is InChI=1S/C19H30N2O2S2/c1-12(2)11-16(22)20(13(3)4)8-9-21-18(23)15(6)25-19(21)17-14(5)7-10-24-17/h7,10,12-13,15,19H,8-9,11H2,1-6H3/t15-,19-/m1/s1. The van der Waals surface area contributed by atoms with Crippen LogP contribution in [-0.2, 0) is 9.59 Å². The van der Waals surface area contributed by atoms with Crippen molar-refractivity contribution in [1.82, 2.24) is 9.80 Å². The fraction of sp³-hybridized carbons (Fsp3) is 0.684. The van der Waals surface area contributed by atoms with Crippen LogP contribution in [0.5, 0.6) is 0 Å². The van der Waals surface area contributed by atoms with Crippen LogP contribution in [-0.4, -0.2) is 46.0 Å². The molecule has 1 saturated heterocycles. The third-order valence-corrected chi connectivity index (χ3v) is 7.06. The average molecular weight is 383 g/mol. The van der Waals surface area contributed by atoms with Crippen LogP contribution in [0.1, 0.15) is 56.9 Å². The molecule has 1 aromatic heterocycles. The Hall–Kier alpha value is -1.01. The highest BCUT2D eigenvalue weighted by Gasteiger charge is 2.39. The van der Waals surface area contributed by atoms with Gasteiger partial charge in [0.25, 0.3) is 0 Å². The van der Waals surface area contributed by atoms with Crippen molar-refractivity contribution in [2.75, 3.05) is 13.1 Å². The number of aryl methyl sites for hydroxylation is 1. The first-order valence-corrected chi connectivity index (χ1v) is 10.8. The molecule has 1 aromatic rings. The van der Waals surface area contributed by atoms with Crippen LogP contribution in [0, 0.1) is 12.8 Å². The van der Waals surface area contributed by atoms with E-state index in [9.17, 15) is 9.59 Å². The maximum absolute atomic E-state index is 12.7. The predicted octanol–water partition coefficient (Wildman–Crippen LogP) is 4.30. The molecule has 6 heteroatoms. The minimum Gasteiger partial charge on any atom is -0.338 e. The van der Waals surface area contributed by atoms with E-state index in [1.165, 1.54) is 10.4 Å². The lowest BCUT2D eigenvalue weighted by Crippen LogP contribution is -2.44. The van der Waals surface area contributed by atoms with Gasteiger partial charge in [-0.2, -0.15) is 0 Å². The second-order valence-electron chi connectivity index (χ2n) is 7.41. The van der Waals surface area contributed by atoms with Crippen LogP contribution in [0.15, 0.2) is 11.4 Å². The highest BCUT2D eigenvalue weighted by Crippen LogP contribution is 2.45. The Morgan fingerprint density at radius 3 is 2.52 bits per heavy atom. The van der Waals surface area contributed by atoms with Gasteiger partial charge in [-0.3, -0.25) is 9.59 Å². The van der Waals surface area contributed by atoms with E-state index in [4.69, 9.17) is 0 Å². The quantitative estimate of drug-likeness (QED) is 0.706. The summed E-state index contributed by atoms with van der Waals surface area (Å²) < 4.78 is 0. The topological polar surface area (TPSA) is 40.6 Å². The van der Waals surface area contributed by atoms with Crippen LogP contribution in [0.4, 0.5) is 0 Å². The summed E-state index contributed by atoms with van der Waals surface area (Å²) in [6.07, 6.45) is 0.560. The summed E-state index contributed by atoms with van der Waals surface area (Å²) in [7, 11) is 0. The zero-order valence-electron chi connectivity index (χ0n) is 16.1. The first-order valence-electron chi connectivity index (χ1n) is 9.01. The number of nitrogens with zero attached hydrogens (tertiary/aromatic N) is 2. The van der Waals surface area contributed by atoms with Gasteiger partial charge in [-0.25, -0.2) is 0 Å². The SMILES string of the molecule is Cc1ccsc1[C@H]1S[C@H](C)C(=O)N1CCN(C(=O)CC(C)C)C(C)C. The van der Waals surface area contributed by atoms with Crippen molar-refractivity contribution in [2.24, 2.45) is 5.92 Å². The Morgan fingerprint density at radius 1 is 1.32 bits per heavy atom. The fourth-order valence-corrected chi connectivity index (χ4v) is 5.65. The molecule has 0 bridgehead atoms. The lowest BCUT2D eigenvalue weighted by molar-refractivity contribution is -0.136. The summed E-state index contributed by atoms with van der Waals surface area (Å²) in [5, 5.41) is 2.14. The predicted molar refractivity (Wildman–Crippen MR) is 107 cm³/mol. The molecule has 2 rings (SSSR count). The molecule has 0 radical (unpaired) electrons. The Labute approximate surface area is 160 Å². The largest absolute Gasteiger partial charge is 0.338 e. The lowest BCUT2D eigenvalue weighted by Gasteiger charge is -2.31. The van der Waals surface area contributed by atoms with Crippen LogP contribution < -0.4 is 0 Å². The van der Waals surface area contributed by atoms with Crippen LogP contribution >= 0.6 is 23.1 Å². The van der Waals surface area contributed by atoms with Gasteiger partial charge in [0, 0.05) is 30.4 Å². The number of amides is 2. The van der Waals surface area contributed by atoms with Gasteiger partial charge >= 0.3 is 0 Å². The molecule has 1 fully saturated rings. The monoisotopic (exact) mass is 382 g/mol.